The molecule has 1 amide bonds. The predicted octanol–water partition coefficient (Wildman–Crippen LogP) is 2.13. The van der Waals surface area contributed by atoms with Gasteiger partial charge in [-0.15, -0.1) is 0 Å². The summed E-state index contributed by atoms with van der Waals surface area (Å²) in [5, 5.41) is 3.62. The van der Waals surface area contributed by atoms with Gasteiger partial charge in [-0.2, -0.15) is 0 Å². The summed E-state index contributed by atoms with van der Waals surface area (Å²) >= 11 is -0.106. The zero-order chi connectivity index (χ0) is 18.0. The summed E-state index contributed by atoms with van der Waals surface area (Å²) in [4.78, 5) is 14.6. The molecule has 2 N–H and O–H groups in total. The minimum atomic E-state index is -4.31. The van der Waals surface area contributed by atoms with Gasteiger partial charge in [-0.05, 0) is 0 Å². The van der Waals surface area contributed by atoms with E-state index in [0.717, 1.165) is 37.5 Å². The van der Waals surface area contributed by atoms with Gasteiger partial charge in [0.2, 0.25) is 0 Å². The fraction of sp³-hybridized carbons (Fsp3) is 0.167. The molecule has 0 saturated heterocycles. The van der Waals surface area contributed by atoms with Crippen molar-refractivity contribution in [1.82, 2.24) is 10.3 Å². The van der Waals surface area contributed by atoms with E-state index < -0.39 is 11.7 Å². The molecule has 0 atom stereocenters. The molecule has 0 saturated carbocycles. The molecule has 0 spiro atoms. The second-order valence-electron chi connectivity index (χ2n) is 5.51. The first-order chi connectivity index (χ1) is 11.9. The number of carbonyl (C=O) groups excluding carboxylic acids is 1. The molecule has 3 rings (SSSR count). The van der Waals surface area contributed by atoms with Crippen LogP contribution in [0.2, 0.25) is 0 Å². The molecular weight excluding hydrogens is 396 g/mol. The Balaban J connectivity index is 1.81. The number of alkyl halides is 3. The van der Waals surface area contributed by atoms with Gasteiger partial charge in [-0.25, -0.2) is 0 Å². The maximum atomic E-state index is 12.6. The zero-order valence-corrected chi connectivity index (χ0v) is 15.0. The van der Waals surface area contributed by atoms with Crippen LogP contribution in [0.15, 0.2) is 48.7 Å². The van der Waals surface area contributed by atoms with E-state index in [1.165, 1.54) is 12.1 Å². The molecule has 2 aromatic carbocycles. The molecule has 0 aliphatic carbocycles. The molecule has 0 bridgehead atoms. The molecular formula is C18H15F3N2OSe. The normalized spacial score (nSPS) is 11.7. The Labute approximate surface area is 148 Å². The number of likely N-dealkylation sites (N-methyl/N-ethyl adjacent to an activating group) is 1. The quantitative estimate of drug-likeness (QED) is 0.635. The van der Waals surface area contributed by atoms with Crippen LogP contribution in [-0.2, 0) is 17.4 Å². The van der Waals surface area contributed by atoms with Crippen molar-refractivity contribution in [3.8, 4) is 0 Å². The van der Waals surface area contributed by atoms with Crippen LogP contribution in [0.25, 0.3) is 10.9 Å². The van der Waals surface area contributed by atoms with Gasteiger partial charge < -0.3 is 0 Å². The Hall–Kier alpha value is -2.24. The van der Waals surface area contributed by atoms with Gasteiger partial charge in [0.1, 0.15) is 0 Å². The molecule has 0 unspecified atom stereocenters. The van der Waals surface area contributed by atoms with Gasteiger partial charge >= 0.3 is 148 Å². The molecule has 1 heterocycles. The van der Waals surface area contributed by atoms with Gasteiger partial charge in [-0.3, -0.25) is 0 Å². The van der Waals surface area contributed by atoms with E-state index in [1.54, 1.807) is 7.05 Å². The first kappa shape index (κ1) is 17.6. The van der Waals surface area contributed by atoms with Crippen molar-refractivity contribution in [2.75, 3.05) is 7.05 Å². The van der Waals surface area contributed by atoms with Crippen LogP contribution in [-0.4, -0.2) is 32.9 Å². The Kier molecular flexibility index (Phi) is 4.88. The van der Waals surface area contributed by atoms with E-state index in [9.17, 15) is 18.0 Å². The summed E-state index contributed by atoms with van der Waals surface area (Å²) in [6.45, 7) is 0. The van der Waals surface area contributed by atoms with E-state index in [0.29, 0.717) is 6.42 Å². The number of aromatic nitrogens is 1. The summed E-state index contributed by atoms with van der Waals surface area (Å²) < 4.78 is 39.8. The number of aromatic amines is 1. The molecule has 0 fully saturated rings. The Morgan fingerprint density at radius 1 is 1.16 bits per heavy atom. The van der Waals surface area contributed by atoms with Crippen molar-refractivity contribution in [1.29, 1.82) is 0 Å². The summed E-state index contributed by atoms with van der Waals surface area (Å²) in [5.41, 5.74) is 1.19. The Bertz CT molecular complexity index is 901. The summed E-state index contributed by atoms with van der Waals surface area (Å²) in [6.07, 6.45) is -2.12. The van der Waals surface area contributed by atoms with E-state index >= 15 is 0 Å². The van der Waals surface area contributed by atoms with Crippen molar-refractivity contribution in [2.45, 2.75) is 12.6 Å². The average Bonchev–Trinajstić information content (AvgIpc) is 2.96. The third-order valence-electron chi connectivity index (χ3n) is 3.76. The fourth-order valence-corrected chi connectivity index (χ4v) is 4.41. The van der Waals surface area contributed by atoms with Gasteiger partial charge in [-0.1, -0.05) is 0 Å². The summed E-state index contributed by atoms with van der Waals surface area (Å²) in [7, 11) is 1.60. The Morgan fingerprint density at radius 3 is 2.52 bits per heavy atom. The van der Waals surface area contributed by atoms with Crippen LogP contribution in [0.4, 0.5) is 13.2 Å². The van der Waals surface area contributed by atoms with Crippen molar-refractivity contribution in [2.24, 2.45) is 0 Å². The number of amides is 1. The molecule has 0 aliphatic heterocycles. The van der Waals surface area contributed by atoms with Gasteiger partial charge in [0.05, 0.1) is 0 Å². The van der Waals surface area contributed by atoms with Crippen LogP contribution in [0.1, 0.15) is 11.1 Å². The number of hydrogen-bond donors (Lipinski definition) is 2. The third kappa shape index (κ3) is 4.06. The number of hydrogen-bond acceptors (Lipinski definition) is 1. The monoisotopic (exact) mass is 412 g/mol. The van der Waals surface area contributed by atoms with E-state index in [4.69, 9.17) is 0 Å². The average molecular weight is 411 g/mol. The van der Waals surface area contributed by atoms with Gasteiger partial charge in [0.25, 0.3) is 0 Å². The molecule has 130 valence electrons. The van der Waals surface area contributed by atoms with Crippen molar-refractivity contribution < 1.29 is 18.0 Å². The number of rotatable bonds is 4. The predicted molar refractivity (Wildman–Crippen MR) is 92.5 cm³/mol. The SMILES string of the molecule is CNC(=O)Cc1ccc2c([Se]c3ccc(C(F)(F)F)cc3)c[nH]c2c1. The fourth-order valence-electron chi connectivity index (χ4n) is 2.45. The number of halogens is 3. The standard InChI is InChI=1S/C18H15F3N2OSe/c1-22-17(24)9-11-2-7-14-15(8-11)23-10-16(14)25-13-5-3-12(4-6-13)18(19,20)21/h2-8,10,23H,9H2,1H3,(H,22,24). The molecule has 25 heavy (non-hydrogen) atoms. The molecule has 1 aromatic heterocycles. The molecule has 0 radical (unpaired) electrons. The first-order valence-electron chi connectivity index (χ1n) is 7.52. The van der Waals surface area contributed by atoms with E-state index in [2.05, 4.69) is 10.3 Å². The zero-order valence-electron chi connectivity index (χ0n) is 13.3. The van der Waals surface area contributed by atoms with Crippen LogP contribution < -0.4 is 14.2 Å². The van der Waals surface area contributed by atoms with Gasteiger partial charge in [0.15, 0.2) is 0 Å². The van der Waals surface area contributed by atoms with Crippen molar-refractivity contribution in [3.05, 3.63) is 59.8 Å². The van der Waals surface area contributed by atoms with Crippen LogP contribution >= 0.6 is 0 Å². The number of fused-ring (bicyclic) bond motifs is 1. The third-order valence-corrected chi connectivity index (χ3v) is 6.00. The number of carbonyl (C=O) groups is 1. The Morgan fingerprint density at radius 2 is 1.88 bits per heavy atom. The number of nitrogens with one attached hydrogen (secondary N) is 2. The van der Waals surface area contributed by atoms with E-state index in [-0.39, 0.29) is 20.9 Å². The van der Waals surface area contributed by atoms with Gasteiger partial charge in [0, 0.05) is 0 Å². The van der Waals surface area contributed by atoms with Crippen molar-refractivity contribution >= 4 is 40.7 Å². The number of benzene rings is 2. The number of H-pyrrole nitrogens is 1. The summed E-state index contributed by atoms with van der Waals surface area (Å²) in [5.74, 6) is -0.0555. The van der Waals surface area contributed by atoms with Crippen LogP contribution in [0.3, 0.4) is 0 Å². The van der Waals surface area contributed by atoms with Crippen molar-refractivity contribution in [3.63, 3.8) is 0 Å². The first-order valence-corrected chi connectivity index (χ1v) is 9.24. The second kappa shape index (κ2) is 6.94. The molecule has 3 aromatic rings. The van der Waals surface area contributed by atoms with Crippen LogP contribution in [0, 0.1) is 0 Å². The second-order valence-corrected chi connectivity index (χ2v) is 7.85. The maximum absolute atomic E-state index is 12.6. The van der Waals surface area contributed by atoms with E-state index in [1.807, 2.05) is 24.4 Å². The van der Waals surface area contributed by atoms with Crippen LogP contribution in [0.5, 0.6) is 0 Å². The molecule has 3 nitrogen and oxygen atoms in total. The molecule has 0 aliphatic rings. The topological polar surface area (TPSA) is 44.9 Å². The minimum absolute atomic E-state index is 0.0555. The summed E-state index contributed by atoms with van der Waals surface area (Å²) in [6, 6.07) is 11.1. The molecule has 7 heteroatoms.